The Morgan fingerprint density at radius 2 is 2.15 bits per heavy atom. The van der Waals surface area contributed by atoms with Crippen molar-refractivity contribution < 1.29 is 9.21 Å². The standard InChI is InChI=1S/C19H20N4O3/c1-22-10-5-7-14(18(22)25)17(24)20-12-13-6-4-11-23(13)19-21-15-8-2-3-9-16(15)26-19/h2-3,5,7-10,13H,4,6,11-12H2,1H3,(H,20,24). The minimum atomic E-state index is -0.351. The predicted molar refractivity (Wildman–Crippen MR) is 98.4 cm³/mol. The van der Waals surface area contributed by atoms with E-state index < -0.39 is 0 Å². The van der Waals surface area contributed by atoms with Gasteiger partial charge in [0.05, 0.1) is 6.04 Å². The van der Waals surface area contributed by atoms with Gasteiger partial charge >= 0.3 is 0 Å². The van der Waals surface area contributed by atoms with Gasteiger partial charge in [-0.15, -0.1) is 0 Å². The molecule has 7 nitrogen and oxygen atoms in total. The first-order valence-electron chi connectivity index (χ1n) is 8.69. The van der Waals surface area contributed by atoms with Crippen LogP contribution in [0.15, 0.2) is 51.8 Å². The molecule has 0 aliphatic carbocycles. The number of hydrogen-bond acceptors (Lipinski definition) is 5. The first-order valence-corrected chi connectivity index (χ1v) is 8.69. The Morgan fingerprint density at radius 3 is 3.00 bits per heavy atom. The number of aryl methyl sites for hydroxylation is 1. The molecular formula is C19H20N4O3. The maximum atomic E-state index is 12.4. The summed E-state index contributed by atoms with van der Waals surface area (Å²) in [4.78, 5) is 31.1. The van der Waals surface area contributed by atoms with Gasteiger partial charge in [-0.1, -0.05) is 12.1 Å². The number of amides is 1. The second-order valence-corrected chi connectivity index (χ2v) is 6.50. The number of pyridine rings is 1. The fourth-order valence-electron chi connectivity index (χ4n) is 3.36. The highest BCUT2D eigenvalue weighted by atomic mass is 16.4. The van der Waals surface area contributed by atoms with Crippen LogP contribution in [0.3, 0.4) is 0 Å². The summed E-state index contributed by atoms with van der Waals surface area (Å²) >= 11 is 0. The number of benzene rings is 1. The van der Waals surface area contributed by atoms with E-state index in [0.717, 1.165) is 30.5 Å². The first-order chi connectivity index (χ1) is 12.6. The lowest BCUT2D eigenvalue weighted by atomic mass is 10.2. The summed E-state index contributed by atoms with van der Waals surface area (Å²) in [6, 6.07) is 11.6. The van der Waals surface area contributed by atoms with Gasteiger partial charge in [0.15, 0.2) is 5.58 Å². The lowest BCUT2D eigenvalue weighted by molar-refractivity contribution is 0.0949. The van der Waals surface area contributed by atoms with Gasteiger partial charge in [-0.05, 0) is 37.1 Å². The molecule has 134 valence electrons. The zero-order valence-electron chi connectivity index (χ0n) is 14.5. The van der Waals surface area contributed by atoms with Crippen LogP contribution in [-0.4, -0.2) is 34.6 Å². The molecule has 1 atom stereocenters. The van der Waals surface area contributed by atoms with Gasteiger partial charge in [-0.3, -0.25) is 9.59 Å². The van der Waals surface area contributed by atoms with E-state index >= 15 is 0 Å². The summed E-state index contributed by atoms with van der Waals surface area (Å²) in [6.45, 7) is 1.27. The van der Waals surface area contributed by atoms with Crippen LogP contribution in [0.2, 0.25) is 0 Å². The monoisotopic (exact) mass is 352 g/mol. The van der Waals surface area contributed by atoms with E-state index in [2.05, 4.69) is 15.2 Å². The highest BCUT2D eigenvalue weighted by molar-refractivity contribution is 5.93. The van der Waals surface area contributed by atoms with Crippen molar-refractivity contribution in [1.29, 1.82) is 0 Å². The summed E-state index contributed by atoms with van der Waals surface area (Å²) in [6.07, 6.45) is 3.57. The van der Waals surface area contributed by atoms with Gasteiger partial charge in [0.1, 0.15) is 11.1 Å². The van der Waals surface area contributed by atoms with E-state index in [9.17, 15) is 9.59 Å². The first kappa shape index (κ1) is 16.4. The normalized spacial score (nSPS) is 17.0. The third-order valence-electron chi connectivity index (χ3n) is 4.77. The maximum absolute atomic E-state index is 12.4. The molecule has 0 spiro atoms. The Labute approximate surface area is 150 Å². The van der Waals surface area contributed by atoms with Crippen molar-refractivity contribution in [2.24, 2.45) is 7.05 Å². The Balaban J connectivity index is 1.48. The van der Waals surface area contributed by atoms with Crippen LogP contribution >= 0.6 is 0 Å². The molecule has 3 aromatic rings. The topological polar surface area (TPSA) is 80.4 Å². The Kier molecular flexibility index (Phi) is 4.20. The zero-order chi connectivity index (χ0) is 18.1. The number of anilines is 1. The largest absolute Gasteiger partial charge is 0.423 e. The summed E-state index contributed by atoms with van der Waals surface area (Å²) in [7, 11) is 1.63. The van der Waals surface area contributed by atoms with E-state index in [1.54, 1.807) is 25.4 Å². The molecule has 0 saturated carbocycles. The third-order valence-corrected chi connectivity index (χ3v) is 4.77. The average molecular weight is 352 g/mol. The minimum Gasteiger partial charge on any atom is -0.423 e. The predicted octanol–water partition coefficient (Wildman–Crippen LogP) is 1.93. The van der Waals surface area contributed by atoms with Gasteiger partial charge in [0.2, 0.25) is 0 Å². The number of nitrogens with one attached hydrogen (secondary N) is 1. The van der Waals surface area contributed by atoms with Crippen molar-refractivity contribution in [1.82, 2.24) is 14.9 Å². The number of carbonyl (C=O) groups is 1. The molecule has 1 unspecified atom stereocenters. The van der Waals surface area contributed by atoms with Crippen molar-refractivity contribution >= 4 is 23.0 Å². The maximum Gasteiger partial charge on any atom is 0.298 e. The SMILES string of the molecule is Cn1cccc(C(=O)NCC2CCCN2c2nc3ccccc3o2)c1=O. The second-order valence-electron chi connectivity index (χ2n) is 6.50. The highest BCUT2D eigenvalue weighted by Crippen LogP contribution is 2.27. The van der Waals surface area contributed by atoms with Crippen molar-refractivity contribution in [3.05, 3.63) is 58.5 Å². The molecular weight excluding hydrogens is 332 g/mol. The fraction of sp³-hybridized carbons (Fsp3) is 0.316. The van der Waals surface area contributed by atoms with Gasteiger partial charge in [-0.25, -0.2) is 0 Å². The van der Waals surface area contributed by atoms with Crippen molar-refractivity contribution in [2.75, 3.05) is 18.0 Å². The zero-order valence-corrected chi connectivity index (χ0v) is 14.5. The van der Waals surface area contributed by atoms with Gasteiger partial charge in [0, 0.05) is 26.3 Å². The summed E-state index contributed by atoms with van der Waals surface area (Å²) in [5, 5.41) is 2.88. The molecule has 26 heavy (non-hydrogen) atoms. The summed E-state index contributed by atoms with van der Waals surface area (Å²) < 4.78 is 7.26. The Hall–Kier alpha value is -3.09. The molecule has 3 heterocycles. The Morgan fingerprint density at radius 1 is 1.31 bits per heavy atom. The van der Waals surface area contributed by atoms with Crippen LogP contribution in [-0.2, 0) is 7.05 Å². The number of rotatable bonds is 4. The van der Waals surface area contributed by atoms with Crippen molar-refractivity contribution in [3.8, 4) is 0 Å². The Bertz CT molecular complexity index is 974. The highest BCUT2D eigenvalue weighted by Gasteiger charge is 2.29. The molecule has 1 aromatic carbocycles. The average Bonchev–Trinajstić information content (AvgIpc) is 3.27. The molecule has 0 bridgehead atoms. The molecule has 0 radical (unpaired) electrons. The van der Waals surface area contributed by atoms with Crippen molar-refractivity contribution in [3.63, 3.8) is 0 Å². The van der Waals surface area contributed by atoms with Crippen LogP contribution in [0, 0.1) is 0 Å². The van der Waals surface area contributed by atoms with Crippen LogP contribution in [0.1, 0.15) is 23.2 Å². The van der Waals surface area contributed by atoms with Crippen LogP contribution < -0.4 is 15.8 Å². The van der Waals surface area contributed by atoms with E-state index in [0.29, 0.717) is 12.6 Å². The van der Waals surface area contributed by atoms with Crippen LogP contribution in [0.25, 0.3) is 11.1 Å². The van der Waals surface area contributed by atoms with Crippen LogP contribution in [0.5, 0.6) is 0 Å². The number of para-hydroxylation sites is 2. The van der Waals surface area contributed by atoms with E-state index in [1.165, 1.54) is 4.57 Å². The molecule has 1 aliphatic heterocycles. The molecule has 1 saturated heterocycles. The van der Waals surface area contributed by atoms with Gasteiger partial charge in [0.25, 0.3) is 17.5 Å². The van der Waals surface area contributed by atoms with Crippen molar-refractivity contribution in [2.45, 2.75) is 18.9 Å². The summed E-state index contributed by atoms with van der Waals surface area (Å²) in [5.74, 6) is -0.351. The quantitative estimate of drug-likeness (QED) is 0.776. The molecule has 7 heteroatoms. The molecule has 1 fully saturated rings. The van der Waals surface area contributed by atoms with E-state index in [4.69, 9.17) is 4.42 Å². The molecule has 1 aliphatic rings. The number of hydrogen-bond donors (Lipinski definition) is 1. The number of aromatic nitrogens is 2. The molecule has 1 N–H and O–H groups in total. The number of carbonyl (C=O) groups excluding carboxylic acids is 1. The molecule has 2 aromatic heterocycles. The number of oxazole rings is 1. The third kappa shape index (κ3) is 2.96. The second kappa shape index (κ2) is 6.67. The molecule has 1 amide bonds. The smallest absolute Gasteiger partial charge is 0.298 e. The van der Waals surface area contributed by atoms with E-state index in [1.807, 2.05) is 24.3 Å². The number of fused-ring (bicyclic) bond motifs is 1. The van der Waals surface area contributed by atoms with E-state index in [-0.39, 0.29) is 23.1 Å². The lowest BCUT2D eigenvalue weighted by Crippen LogP contribution is -2.42. The lowest BCUT2D eigenvalue weighted by Gasteiger charge is -2.23. The van der Waals surface area contributed by atoms with Gasteiger partial charge < -0.3 is 19.2 Å². The minimum absolute atomic E-state index is 0.0968. The summed E-state index contributed by atoms with van der Waals surface area (Å²) in [5.41, 5.74) is 1.43. The number of nitrogens with zero attached hydrogens (tertiary/aromatic N) is 3. The fourth-order valence-corrected chi connectivity index (χ4v) is 3.36. The van der Waals surface area contributed by atoms with Crippen LogP contribution in [0.4, 0.5) is 6.01 Å². The van der Waals surface area contributed by atoms with Gasteiger partial charge in [-0.2, -0.15) is 4.98 Å². The molecule has 4 rings (SSSR count).